The fourth-order valence-electron chi connectivity index (χ4n) is 2.92. The van der Waals surface area contributed by atoms with E-state index in [2.05, 4.69) is 10.3 Å². The van der Waals surface area contributed by atoms with Crippen LogP contribution in [-0.2, 0) is 6.42 Å². The molecule has 1 aliphatic heterocycles. The smallest absolute Gasteiger partial charge is 0.229 e. The first-order chi connectivity index (χ1) is 11.8. The number of rotatable bonds is 7. The van der Waals surface area contributed by atoms with Gasteiger partial charge in [0.1, 0.15) is 17.8 Å². The lowest BCUT2D eigenvalue weighted by molar-refractivity contribution is 0.316. The zero-order chi connectivity index (χ0) is 16.8. The fraction of sp³-hybridized carbons (Fsp3) is 0.500. The van der Waals surface area contributed by atoms with Crippen LogP contribution in [0.15, 0.2) is 28.9 Å². The highest BCUT2D eigenvalue weighted by molar-refractivity contribution is 6.17. The predicted octanol–water partition coefficient (Wildman–Crippen LogP) is 4.03. The summed E-state index contributed by atoms with van der Waals surface area (Å²) in [5.41, 5.74) is 1.23. The Labute approximate surface area is 146 Å². The molecule has 24 heavy (non-hydrogen) atoms. The number of hydrogen-bond donors (Lipinski definition) is 1. The molecule has 0 amide bonds. The predicted molar refractivity (Wildman–Crippen MR) is 92.0 cm³/mol. The SMILES string of the molecule is Fc1cc(OCCCCl)ccc1-c1nc(CC2CCCNC2)co1. The highest BCUT2D eigenvalue weighted by Crippen LogP contribution is 2.27. The third-order valence-corrected chi connectivity index (χ3v) is 4.43. The average molecular weight is 353 g/mol. The van der Waals surface area contributed by atoms with Crippen LogP contribution in [0.3, 0.4) is 0 Å². The molecule has 1 aromatic carbocycles. The van der Waals surface area contributed by atoms with E-state index in [1.807, 2.05) is 0 Å². The van der Waals surface area contributed by atoms with Crippen LogP contribution in [0, 0.1) is 11.7 Å². The van der Waals surface area contributed by atoms with Crippen LogP contribution in [0.1, 0.15) is 25.0 Å². The molecule has 1 unspecified atom stereocenters. The van der Waals surface area contributed by atoms with Crippen LogP contribution in [0.2, 0.25) is 0 Å². The summed E-state index contributed by atoms with van der Waals surface area (Å²) in [6.07, 6.45) is 5.60. The van der Waals surface area contributed by atoms with Gasteiger partial charge in [-0.25, -0.2) is 9.37 Å². The van der Waals surface area contributed by atoms with E-state index in [1.165, 1.54) is 18.9 Å². The normalized spacial score (nSPS) is 17.8. The summed E-state index contributed by atoms with van der Waals surface area (Å²) >= 11 is 5.60. The second-order valence-corrected chi connectivity index (χ2v) is 6.47. The Bertz CT molecular complexity index is 656. The van der Waals surface area contributed by atoms with E-state index in [0.29, 0.717) is 35.6 Å². The van der Waals surface area contributed by atoms with Crippen molar-refractivity contribution in [3.8, 4) is 17.2 Å². The van der Waals surface area contributed by atoms with Crippen molar-refractivity contribution < 1.29 is 13.5 Å². The number of hydrogen-bond acceptors (Lipinski definition) is 4. The first-order valence-corrected chi connectivity index (χ1v) is 8.93. The standard InChI is InChI=1S/C18H22ClFN2O2/c19-6-2-8-23-15-4-5-16(17(20)10-15)18-22-14(12-24-18)9-13-3-1-7-21-11-13/h4-5,10,12-13,21H,1-3,6-9,11H2. The molecule has 0 saturated carbocycles. The Morgan fingerprint density at radius 2 is 2.33 bits per heavy atom. The Balaban J connectivity index is 1.65. The fourth-order valence-corrected chi connectivity index (χ4v) is 3.03. The maximum atomic E-state index is 14.3. The van der Waals surface area contributed by atoms with E-state index >= 15 is 0 Å². The van der Waals surface area contributed by atoms with Gasteiger partial charge in [-0.05, 0) is 56.8 Å². The number of piperidine rings is 1. The first kappa shape index (κ1) is 17.2. The summed E-state index contributed by atoms with van der Waals surface area (Å²) < 4.78 is 25.2. The van der Waals surface area contributed by atoms with E-state index in [0.717, 1.165) is 31.6 Å². The number of nitrogens with one attached hydrogen (secondary N) is 1. The van der Waals surface area contributed by atoms with Gasteiger partial charge in [0.05, 0.1) is 17.9 Å². The van der Waals surface area contributed by atoms with Gasteiger partial charge in [0, 0.05) is 11.9 Å². The summed E-state index contributed by atoms with van der Waals surface area (Å²) in [4.78, 5) is 4.45. The van der Waals surface area contributed by atoms with Gasteiger partial charge in [0.2, 0.25) is 5.89 Å². The van der Waals surface area contributed by atoms with Gasteiger partial charge < -0.3 is 14.5 Å². The second kappa shape index (κ2) is 8.49. The molecule has 3 rings (SSSR count). The van der Waals surface area contributed by atoms with Crippen LogP contribution in [0.5, 0.6) is 5.75 Å². The van der Waals surface area contributed by atoms with E-state index in [4.69, 9.17) is 20.8 Å². The molecule has 1 fully saturated rings. The van der Waals surface area contributed by atoms with Crippen molar-refractivity contribution in [2.24, 2.45) is 5.92 Å². The van der Waals surface area contributed by atoms with E-state index in [1.54, 1.807) is 18.4 Å². The van der Waals surface area contributed by atoms with Gasteiger partial charge in [-0.3, -0.25) is 0 Å². The molecule has 4 nitrogen and oxygen atoms in total. The van der Waals surface area contributed by atoms with Crippen molar-refractivity contribution in [3.05, 3.63) is 36.0 Å². The molecule has 0 radical (unpaired) electrons. The van der Waals surface area contributed by atoms with Crippen molar-refractivity contribution >= 4 is 11.6 Å². The number of nitrogens with zero attached hydrogens (tertiary/aromatic N) is 1. The van der Waals surface area contributed by atoms with Crippen LogP contribution in [0.4, 0.5) is 4.39 Å². The van der Waals surface area contributed by atoms with Crippen LogP contribution in [-0.4, -0.2) is 30.6 Å². The number of ether oxygens (including phenoxy) is 1. The minimum absolute atomic E-state index is 0.318. The quantitative estimate of drug-likeness (QED) is 0.603. The Hall–Kier alpha value is -1.59. The summed E-state index contributed by atoms with van der Waals surface area (Å²) in [6, 6.07) is 4.73. The third kappa shape index (κ3) is 4.48. The molecule has 0 bridgehead atoms. The van der Waals surface area contributed by atoms with Crippen molar-refractivity contribution in [3.63, 3.8) is 0 Å². The molecule has 130 valence electrons. The monoisotopic (exact) mass is 352 g/mol. The van der Waals surface area contributed by atoms with E-state index in [9.17, 15) is 4.39 Å². The molecule has 0 spiro atoms. The zero-order valence-electron chi connectivity index (χ0n) is 13.6. The summed E-state index contributed by atoms with van der Waals surface area (Å²) in [6.45, 7) is 2.57. The van der Waals surface area contributed by atoms with Gasteiger partial charge in [-0.2, -0.15) is 0 Å². The van der Waals surface area contributed by atoms with Crippen molar-refractivity contribution in [1.82, 2.24) is 10.3 Å². The van der Waals surface area contributed by atoms with E-state index in [-0.39, 0.29) is 0 Å². The third-order valence-electron chi connectivity index (χ3n) is 4.17. The molecule has 1 atom stereocenters. The number of benzene rings is 1. The minimum Gasteiger partial charge on any atom is -0.493 e. The molecule has 1 aliphatic rings. The Morgan fingerprint density at radius 3 is 3.08 bits per heavy atom. The van der Waals surface area contributed by atoms with Crippen molar-refractivity contribution in [2.45, 2.75) is 25.7 Å². The molecule has 1 N–H and O–H groups in total. The molecule has 1 saturated heterocycles. The average Bonchev–Trinajstić information content (AvgIpc) is 3.04. The molecule has 2 heterocycles. The molecule has 6 heteroatoms. The molecular formula is C18H22ClFN2O2. The number of halogens is 2. The Morgan fingerprint density at radius 1 is 1.42 bits per heavy atom. The Kier molecular flexibility index (Phi) is 6.10. The molecule has 1 aromatic heterocycles. The van der Waals surface area contributed by atoms with Gasteiger partial charge in [-0.1, -0.05) is 0 Å². The maximum absolute atomic E-state index is 14.3. The highest BCUT2D eigenvalue weighted by Gasteiger charge is 2.17. The summed E-state index contributed by atoms with van der Waals surface area (Å²) in [7, 11) is 0. The van der Waals surface area contributed by atoms with Crippen LogP contribution in [0.25, 0.3) is 11.5 Å². The largest absolute Gasteiger partial charge is 0.493 e. The van der Waals surface area contributed by atoms with Crippen molar-refractivity contribution in [2.75, 3.05) is 25.6 Å². The van der Waals surface area contributed by atoms with Gasteiger partial charge in [0.25, 0.3) is 0 Å². The van der Waals surface area contributed by atoms with Crippen LogP contribution >= 0.6 is 11.6 Å². The maximum Gasteiger partial charge on any atom is 0.229 e. The number of oxazole rings is 1. The molecule has 0 aliphatic carbocycles. The highest BCUT2D eigenvalue weighted by atomic mass is 35.5. The zero-order valence-corrected chi connectivity index (χ0v) is 14.3. The summed E-state index contributed by atoms with van der Waals surface area (Å²) in [5, 5.41) is 3.39. The topological polar surface area (TPSA) is 47.3 Å². The molecular weight excluding hydrogens is 331 g/mol. The van der Waals surface area contributed by atoms with E-state index < -0.39 is 5.82 Å². The second-order valence-electron chi connectivity index (χ2n) is 6.09. The van der Waals surface area contributed by atoms with Gasteiger partial charge in [-0.15, -0.1) is 11.6 Å². The van der Waals surface area contributed by atoms with Gasteiger partial charge in [0.15, 0.2) is 0 Å². The lowest BCUT2D eigenvalue weighted by atomic mass is 9.95. The lowest BCUT2D eigenvalue weighted by Gasteiger charge is -2.21. The molecule has 2 aromatic rings. The number of alkyl halides is 1. The minimum atomic E-state index is -0.397. The summed E-state index contributed by atoms with van der Waals surface area (Å²) in [5.74, 6) is 1.50. The first-order valence-electron chi connectivity index (χ1n) is 8.40. The lowest BCUT2D eigenvalue weighted by Crippen LogP contribution is -2.30. The number of aromatic nitrogens is 1. The van der Waals surface area contributed by atoms with Gasteiger partial charge >= 0.3 is 0 Å². The van der Waals surface area contributed by atoms with Crippen molar-refractivity contribution in [1.29, 1.82) is 0 Å². The van der Waals surface area contributed by atoms with Crippen LogP contribution < -0.4 is 10.1 Å².